The Morgan fingerprint density at radius 2 is 1.71 bits per heavy atom. The number of rotatable bonds is 2. The molecule has 5 nitrogen and oxygen atoms in total. The standard InChI is InChI=1S/C19H20N4O/c1-15-6-5-9-18-20-17(14-23(15)18)19(24)22-12-10-21(11-13-22)16-7-3-2-4-8-16/h2-9,14H,10-13H2,1H3. The maximum absolute atomic E-state index is 12.8. The normalized spacial score (nSPS) is 15.0. The number of pyridine rings is 1. The monoisotopic (exact) mass is 320 g/mol. The van der Waals surface area contributed by atoms with Crippen LogP contribution in [0.3, 0.4) is 0 Å². The first-order valence-corrected chi connectivity index (χ1v) is 8.26. The molecular formula is C19H20N4O. The SMILES string of the molecule is Cc1cccc2nc(C(=O)N3CCN(c4ccccc4)CC3)cn12. The highest BCUT2D eigenvalue weighted by atomic mass is 16.2. The molecule has 5 heteroatoms. The predicted molar refractivity (Wildman–Crippen MR) is 94.5 cm³/mol. The van der Waals surface area contributed by atoms with Crippen molar-refractivity contribution in [2.24, 2.45) is 0 Å². The molecule has 3 aromatic rings. The summed E-state index contributed by atoms with van der Waals surface area (Å²) in [5.41, 5.74) is 3.64. The van der Waals surface area contributed by atoms with Gasteiger partial charge in [-0.05, 0) is 31.2 Å². The largest absolute Gasteiger partial charge is 0.368 e. The molecule has 24 heavy (non-hydrogen) atoms. The fraction of sp³-hybridized carbons (Fsp3) is 0.263. The van der Waals surface area contributed by atoms with Gasteiger partial charge in [-0.15, -0.1) is 0 Å². The summed E-state index contributed by atoms with van der Waals surface area (Å²) >= 11 is 0. The highest BCUT2D eigenvalue weighted by Crippen LogP contribution is 2.17. The molecule has 0 atom stereocenters. The number of nitrogens with zero attached hydrogens (tertiary/aromatic N) is 4. The van der Waals surface area contributed by atoms with E-state index in [4.69, 9.17) is 0 Å². The minimum Gasteiger partial charge on any atom is -0.368 e. The molecule has 0 N–H and O–H groups in total. The number of hydrogen-bond donors (Lipinski definition) is 0. The van der Waals surface area contributed by atoms with Gasteiger partial charge in [0.2, 0.25) is 0 Å². The smallest absolute Gasteiger partial charge is 0.274 e. The van der Waals surface area contributed by atoms with Crippen molar-refractivity contribution in [2.45, 2.75) is 6.92 Å². The van der Waals surface area contributed by atoms with Crippen LogP contribution in [0.4, 0.5) is 5.69 Å². The molecule has 0 saturated carbocycles. The summed E-state index contributed by atoms with van der Waals surface area (Å²) in [6.07, 6.45) is 1.84. The van der Waals surface area contributed by atoms with Gasteiger partial charge in [0.05, 0.1) is 0 Å². The van der Waals surface area contributed by atoms with E-state index < -0.39 is 0 Å². The van der Waals surface area contributed by atoms with Gasteiger partial charge >= 0.3 is 0 Å². The third-order valence-electron chi connectivity index (χ3n) is 4.60. The van der Waals surface area contributed by atoms with Crippen molar-refractivity contribution >= 4 is 17.2 Å². The molecule has 1 amide bonds. The van der Waals surface area contributed by atoms with Crippen LogP contribution in [0.15, 0.2) is 54.7 Å². The number of imidazole rings is 1. The van der Waals surface area contributed by atoms with Crippen LogP contribution in [-0.2, 0) is 0 Å². The Hall–Kier alpha value is -2.82. The molecule has 3 heterocycles. The molecule has 0 unspecified atom stereocenters. The zero-order valence-corrected chi connectivity index (χ0v) is 13.7. The topological polar surface area (TPSA) is 40.9 Å². The van der Waals surface area contributed by atoms with E-state index in [1.165, 1.54) is 5.69 Å². The third kappa shape index (κ3) is 2.62. The maximum atomic E-state index is 12.8. The number of benzene rings is 1. The lowest BCUT2D eigenvalue weighted by atomic mass is 10.2. The van der Waals surface area contributed by atoms with Crippen LogP contribution in [-0.4, -0.2) is 46.4 Å². The molecule has 0 spiro atoms. The molecule has 1 aromatic carbocycles. The molecule has 0 bridgehead atoms. The summed E-state index contributed by atoms with van der Waals surface area (Å²) in [7, 11) is 0. The Bertz CT molecular complexity index is 863. The van der Waals surface area contributed by atoms with Gasteiger partial charge in [-0.25, -0.2) is 4.98 Å². The Morgan fingerprint density at radius 3 is 2.42 bits per heavy atom. The number of aryl methyl sites for hydroxylation is 1. The van der Waals surface area contributed by atoms with Crippen LogP contribution in [0, 0.1) is 6.92 Å². The van der Waals surface area contributed by atoms with Crippen LogP contribution in [0.25, 0.3) is 5.65 Å². The van der Waals surface area contributed by atoms with Gasteiger partial charge in [0.1, 0.15) is 11.3 Å². The quantitative estimate of drug-likeness (QED) is 0.729. The van der Waals surface area contributed by atoms with Gasteiger partial charge in [-0.1, -0.05) is 24.3 Å². The zero-order chi connectivity index (χ0) is 16.5. The number of anilines is 1. The lowest BCUT2D eigenvalue weighted by Gasteiger charge is -2.35. The van der Waals surface area contributed by atoms with E-state index in [1.54, 1.807) is 0 Å². The summed E-state index contributed by atoms with van der Waals surface area (Å²) < 4.78 is 1.97. The second kappa shape index (κ2) is 6.00. The first-order valence-electron chi connectivity index (χ1n) is 8.26. The minimum atomic E-state index is 0.0193. The van der Waals surface area contributed by atoms with Crippen LogP contribution in [0.2, 0.25) is 0 Å². The van der Waals surface area contributed by atoms with Crippen molar-refractivity contribution in [3.63, 3.8) is 0 Å². The second-order valence-electron chi connectivity index (χ2n) is 6.14. The highest BCUT2D eigenvalue weighted by Gasteiger charge is 2.24. The number of aromatic nitrogens is 2. The summed E-state index contributed by atoms with van der Waals surface area (Å²) in [6.45, 7) is 5.16. The fourth-order valence-electron chi connectivity index (χ4n) is 3.22. The molecular weight excluding hydrogens is 300 g/mol. The molecule has 4 rings (SSSR count). The van der Waals surface area contributed by atoms with E-state index in [1.807, 2.05) is 58.8 Å². The predicted octanol–water partition coefficient (Wildman–Crippen LogP) is 2.61. The van der Waals surface area contributed by atoms with Gasteiger partial charge < -0.3 is 14.2 Å². The van der Waals surface area contributed by atoms with Crippen molar-refractivity contribution < 1.29 is 4.79 Å². The van der Waals surface area contributed by atoms with E-state index in [0.717, 1.165) is 37.5 Å². The van der Waals surface area contributed by atoms with E-state index >= 15 is 0 Å². The first kappa shape index (κ1) is 14.8. The molecule has 0 radical (unpaired) electrons. The molecule has 122 valence electrons. The number of hydrogen-bond acceptors (Lipinski definition) is 3. The molecule has 1 aliphatic rings. The van der Waals surface area contributed by atoms with E-state index in [-0.39, 0.29) is 5.91 Å². The molecule has 1 aliphatic heterocycles. The number of carbonyl (C=O) groups is 1. The molecule has 2 aromatic heterocycles. The molecule has 0 aliphatic carbocycles. The number of para-hydroxylation sites is 1. The zero-order valence-electron chi connectivity index (χ0n) is 13.7. The van der Waals surface area contributed by atoms with Gasteiger partial charge in [0.15, 0.2) is 0 Å². The number of carbonyl (C=O) groups excluding carboxylic acids is 1. The first-order chi connectivity index (χ1) is 11.7. The molecule has 1 saturated heterocycles. The average molecular weight is 320 g/mol. The Balaban J connectivity index is 1.48. The summed E-state index contributed by atoms with van der Waals surface area (Å²) in [5, 5.41) is 0. The van der Waals surface area contributed by atoms with Crippen molar-refractivity contribution in [2.75, 3.05) is 31.1 Å². The number of piperazine rings is 1. The van der Waals surface area contributed by atoms with Crippen LogP contribution in [0.5, 0.6) is 0 Å². The third-order valence-corrected chi connectivity index (χ3v) is 4.60. The highest BCUT2D eigenvalue weighted by molar-refractivity contribution is 5.93. The van der Waals surface area contributed by atoms with Crippen molar-refractivity contribution in [3.8, 4) is 0 Å². The summed E-state index contributed by atoms with van der Waals surface area (Å²) in [5.74, 6) is 0.0193. The van der Waals surface area contributed by atoms with Crippen molar-refractivity contribution in [1.82, 2.24) is 14.3 Å². The van der Waals surface area contributed by atoms with Crippen LogP contribution < -0.4 is 4.90 Å². The van der Waals surface area contributed by atoms with E-state index in [0.29, 0.717) is 5.69 Å². The summed E-state index contributed by atoms with van der Waals surface area (Å²) in [4.78, 5) is 21.5. The number of fused-ring (bicyclic) bond motifs is 1. The van der Waals surface area contributed by atoms with E-state index in [9.17, 15) is 4.79 Å². The lowest BCUT2D eigenvalue weighted by molar-refractivity contribution is 0.0741. The van der Waals surface area contributed by atoms with Gasteiger partial charge in [0, 0.05) is 43.8 Å². The van der Waals surface area contributed by atoms with E-state index in [2.05, 4.69) is 22.0 Å². The Kier molecular flexibility index (Phi) is 3.69. The van der Waals surface area contributed by atoms with Crippen LogP contribution >= 0.6 is 0 Å². The lowest BCUT2D eigenvalue weighted by Crippen LogP contribution is -2.48. The molecule has 1 fully saturated rings. The fourth-order valence-corrected chi connectivity index (χ4v) is 3.22. The second-order valence-corrected chi connectivity index (χ2v) is 6.14. The van der Waals surface area contributed by atoms with Crippen molar-refractivity contribution in [1.29, 1.82) is 0 Å². The number of amides is 1. The minimum absolute atomic E-state index is 0.0193. The van der Waals surface area contributed by atoms with Crippen molar-refractivity contribution in [3.05, 3.63) is 66.1 Å². The Morgan fingerprint density at radius 1 is 0.958 bits per heavy atom. The summed E-state index contributed by atoms with van der Waals surface area (Å²) in [6, 6.07) is 16.3. The average Bonchev–Trinajstić information content (AvgIpc) is 3.08. The van der Waals surface area contributed by atoms with Gasteiger partial charge in [-0.2, -0.15) is 0 Å². The maximum Gasteiger partial charge on any atom is 0.274 e. The Labute approximate surface area is 141 Å². The van der Waals surface area contributed by atoms with Gasteiger partial charge in [0.25, 0.3) is 5.91 Å². The van der Waals surface area contributed by atoms with Crippen LogP contribution in [0.1, 0.15) is 16.2 Å². The van der Waals surface area contributed by atoms with Gasteiger partial charge in [-0.3, -0.25) is 4.79 Å².